The fourth-order valence-corrected chi connectivity index (χ4v) is 3.92. The molecule has 1 aromatic carbocycles. The van der Waals surface area contributed by atoms with Crippen molar-refractivity contribution < 1.29 is 4.92 Å². The highest BCUT2D eigenvalue weighted by Crippen LogP contribution is 2.37. The SMILES string of the molecule is CCC(NCC1(C)CCCS1)c1cccc([N+](=O)[O-])c1. The van der Waals surface area contributed by atoms with Crippen LogP contribution in [0.5, 0.6) is 0 Å². The number of rotatable bonds is 6. The van der Waals surface area contributed by atoms with Gasteiger partial charge in [-0.05, 0) is 37.5 Å². The van der Waals surface area contributed by atoms with Crippen LogP contribution in [0, 0.1) is 10.1 Å². The molecule has 0 saturated carbocycles. The Kier molecular flexibility index (Phi) is 5.05. The summed E-state index contributed by atoms with van der Waals surface area (Å²) in [6, 6.07) is 7.16. The molecule has 0 radical (unpaired) electrons. The lowest BCUT2D eigenvalue weighted by Gasteiger charge is -2.27. The van der Waals surface area contributed by atoms with Crippen LogP contribution < -0.4 is 5.32 Å². The zero-order chi connectivity index (χ0) is 14.6. The first-order valence-electron chi connectivity index (χ1n) is 7.16. The third-order valence-corrected chi connectivity index (χ3v) is 5.45. The van der Waals surface area contributed by atoms with Crippen molar-refractivity contribution in [1.29, 1.82) is 0 Å². The second kappa shape index (κ2) is 6.59. The van der Waals surface area contributed by atoms with Crippen molar-refractivity contribution in [1.82, 2.24) is 5.32 Å². The van der Waals surface area contributed by atoms with Crippen LogP contribution in [0.4, 0.5) is 5.69 Å². The Morgan fingerprint density at radius 3 is 2.95 bits per heavy atom. The Labute approximate surface area is 124 Å². The number of hydrogen-bond donors (Lipinski definition) is 1. The van der Waals surface area contributed by atoms with E-state index in [1.54, 1.807) is 18.2 Å². The topological polar surface area (TPSA) is 55.2 Å². The van der Waals surface area contributed by atoms with Gasteiger partial charge in [0.15, 0.2) is 0 Å². The Hall–Kier alpha value is -1.07. The van der Waals surface area contributed by atoms with Gasteiger partial charge in [0, 0.05) is 29.5 Å². The number of nitro benzene ring substituents is 1. The van der Waals surface area contributed by atoms with E-state index in [4.69, 9.17) is 0 Å². The number of non-ortho nitro benzene ring substituents is 1. The van der Waals surface area contributed by atoms with Crippen molar-refractivity contribution in [3.05, 3.63) is 39.9 Å². The zero-order valence-corrected chi connectivity index (χ0v) is 12.9. The van der Waals surface area contributed by atoms with Gasteiger partial charge in [-0.25, -0.2) is 0 Å². The molecule has 1 aromatic rings. The van der Waals surface area contributed by atoms with Crippen molar-refractivity contribution in [3.63, 3.8) is 0 Å². The monoisotopic (exact) mass is 294 g/mol. The van der Waals surface area contributed by atoms with Crippen LogP contribution in [0.25, 0.3) is 0 Å². The van der Waals surface area contributed by atoms with E-state index < -0.39 is 0 Å². The predicted molar refractivity (Wildman–Crippen MR) is 84.2 cm³/mol. The lowest BCUT2D eigenvalue weighted by molar-refractivity contribution is -0.384. The summed E-state index contributed by atoms with van der Waals surface area (Å²) >= 11 is 2.03. The summed E-state index contributed by atoms with van der Waals surface area (Å²) in [6.07, 6.45) is 3.47. The molecule has 1 saturated heterocycles. The van der Waals surface area contributed by atoms with E-state index in [9.17, 15) is 10.1 Å². The third-order valence-electron chi connectivity index (χ3n) is 3.91. The minimum absolute atomic E-state index is 0.171. The van der Waals surface area contributed by atoms with Gasteiger partial charge in [0.25, 0.3) is 5.69 Å². The molecule has 20 heavy (non-hydrogen) atoms. The Balaban J connectivity index is 2.04. The van der Waals surface area contributed by atoms with Crippen LogP contribution in [0.15, 0.2) is 24.3 Å². The van der Waals surface area contributed by atoms with Crippen molar-refractivity contribution in [2.24, 2.45) is 0 Å². The largest absolute Gasteiger partial charge is 0.309 e. The molecule has 1 heterocycles. The maximum Gasteiger partial charge on any atom is 0.269 e. The first-order chi connectivity index (χ1) is 9.54. The van der Waals surface area contributed by atoms with E-state index in [0.29, 0.717) is 4.75 Å². The van der Waals surface area contributed by atoms with E-state index in [2.05, 4.69) is 19.2 Å². The summed E-state index contributed by atoms with van der Waals surface area (Å²) in [7, 11) is 0. The lowest BCUT2D eigenvalue weighted by atomic mass is 10.0. The highest BCUT2D eigenvalue weighted by Gasteiger charge is 2.29. The molecular weight excluding hydrogens is 272 g/mol. The highest BCUT2D eigenvalue weighted by atomic mass is 32.2. The van der Waals surface area contributed by atoms with Gasteiger partial charge in [-0.3, -0.25) is 10.1 Å². The van der Waals surface area contributed by atoms with Crippen molar-refractivity contribution in [2.75, 3.05) is 12.3 Å². The summed E-state index contributed by atoms with van der Waals surface area (Å²) in [6.45, 7) is 5.37. The Bertz CT molecular complexity index is 473. The normalized spacial score (nSPS) is 23.7. The van der Waals surface area contributed by atoms with Crippen molar-refractivity contribution >= 4 is 17.4 Å². The van der Waals surface area contributed by atoms with Crippen molar-refractivity contribution in [3.8, 4) is 0 Å². The first kappa shape index (κ1) is 15.3. The molecule has 1 aliphatic heterocycles. The quantitative estimate of drug-likeness (QED) is 0.638. The molecule has 110 valence electrons. The second-order valence-corrected chi connectivity index (χ2v) is 7.28. The average Bonchev–Trinajstić information content (AvgIpc) is 2.87. The number of hydrogen-bond acceptors (Lipinski definition) is 4. The van der Waals surface area contributed by atoms with Crippen LogP contribution in [0.3, 0.4) is 0 Å². The van der Waals surface area contributed by atoms with Gasteiger partial charge in [0.05, 0.1) is 4.92 Å². The summed E-state index contributed by atoms with van der Waals surface area (Å²) in [5.74, 6) is 1.24. The van der Waals surface area contributed by atoms with Gasteiger partial charge in [0.2, 0.25) is 0 Å². The molecule has 0 amide bonds. The molecule has 1 fully saturated rings. The second-order valence-electron chi connectivity index (χ2n) is 5.60. The van der Waals surface area contributed by atoms with Crippen LogP contribution >= 0.6 is 11.8 Å². The van der Waals surface area contributed by atoms with Gasteiger partial charge in [-0.1, -0.05) is 19.1 Å². The van der Waals surface area contributed by atoms with Gasteiger partial charge in [-0.15, -0.1) is 0 Å². The first-order valence-corrected chi connectivity index (χ1v) is 8.14. The molecule has 0 aliphatic carbocycles. The predicted octanol–water partition coefficient (Wildman–Crippen LogP) is 3.92. The number of nitrogens with zero attached hydrogens (tertiary/aromatic N) is 1. The van der Waals surface area contributed by atoms with E-state index in [1.807, 2.05) is 17.8 Å². The molecular formula is C15H22N2O2S. The minimum atomic E-state index is -0.329. The molecule has 4 nitrogen and oxygen atoms in total. The molecule has 0 aromatic heterocycles. The maximum atomic E-state index is 10.9. The zero-order valence-electron chi connectivity index (χ0n) is 12.1. The molecule has 5 heteroatoms. The summed E-state index contributed by atoms with van der Waals surface area (Å²) in [5.41, 5.74) is 1.18. The molecule has 2 atom stereocenters. The molecule has 0 spiro atoms. The number of thioether (sulfide) groups is 1. The number of benzene rings is 1. The molecule has 2 unspecified atom stereocenters. The van der Waals surface area contributed by atoms with Gasteiger partial charge in [0.1, 0.15) is 0 Å². The number of nitrogens with one attached hydrogen (secondary N) is 1. The van der Waals surface area contributed by atoms with E-state index in [-0.39, 0.29) is 16.7 Å². The summed E-state index contributed by atoms with van der Waals surface area (Å²) < 4.78 is 0.314. The van der Waals surface area contributed by atoms with E-state index >= 15 is 0 Å². The van der Waals surface area contributed by atoms with Crippen molar-refractivity contribution in [2.45, 2.75) is 43.9 Å². The van der Waals surface area contributed by atoms with E-state index in [0.717, 1.165) is 18.5 Å². The average molecular weight is 294 g/mol. The van der Waals surface area contributed by atoms with E-state index in [1.165, 1.54) is 18.6 Å². The number of nitro groups is 1. The molecule has 0 bridgehead atoms. The van der Waals surface area contributed by atoms with Gasteiger partial charge < -0.3 is 5.32 Å². The smallest absolute Gasteiger partial charge is 0.269 e. The highest BCUT2D eigenvalue weighted by molar-refractivity contribution is 8.00. The standard InChI is InChI=1S/C15H22N2O2S/c1-3-14(16-11-15(2)8-5-9-20-15)12-6-4-7-13(10-12)17(18)19/h4,6-7,10,14,16H,3,5,8-9,11H2,1-2H3. The van der Waals surface area contributed by atoms with Crippen LogP contribution in [0.1, 0.15) is 44.7 Å². The van der Waals surface area contributed by atoms with Crippen LogP contribution in [0.2, 0.25) is 0 Å². The van der Waals surface area contributed by atoms with Gasteiger partial charge >= 0.3 is 0 Å². The van der Waals surface area contributed by atoms with Gasteiger partial charge in [-0.2, -0.15) is 11.8 Å². The summed E-state index contributed by atoms with van der Waals surface area (Å²) in [4.78, 5) is 10.5. The van der Waals surface area contributed by atoms with Crippen LogP contribution in [-0.4, -0.2) is 22.0 Å². The third kappa shape index (κ3) is 3.73. The molecule has 1 N–H and O–H groups in total. The fourth-order valence-electron chi connectivity index (χ4n) is 2.67. The Morgan fingerprint density at radius 1 is 1.55 bits per heavy atom. The molecule has 1 aliphatic rings. The summed E-state index contributed by atoms with van der Waals surface area (Å²) in [5, 5.41) is 14.5. The lowest BCUT2D eigenvalue weighted by Crippen LogP contribution is -2.35. The maximum absolute atomic E-state index is 10.9. The molecule has 2 rings (SSSR count). The fraction of sp³-hybridized carbons (Fsp3) is 0.600. The Morgan fingerprint density at radius 2 is 2.35 bits per heavy atom. The van der Waals surface area contributed by atoms with Crippen LogP contribution in [-0.2, 0) is 0 Å². The minimum Gasteiger partial charge on any atom is -0.309 e.